The Hall–Kier alpha value is -3.08. The molecule has 0 radical (unpaired) electrons. The zero-order valence-electron chi connectivity index (χ0n) is 26.0. The highest BCUT2D eigenvalue weighted by Gasteiger charge is 2.60. The van der Waals surface area contributed by atoms with Crippen LogP contribution in [0.4, 0.5) is 0 Å². The summed E-state index contributed by atoms with van der Waals surface area (Å²) in [4.78, 5) is 34.1. The van der Waals surface area contributed by atoms with Crippen LogP contribution in [0, 0.1) is 36.0 Å². The van der Waals surface area contributed by atoms with Crippen molar-refractivity contribution >= 4 is 22.7 Å². The lowest BCUT2D eigenvalue weighted by Gasteiger charge is -2.57. The highest BCUT2D eigenvalue weighted by Crippen LogP contribution is 2.67. The van der Waals surface area contributed by atoms with Gasteiger partial charge in [-0.05, 0) is 111 Å². The van der Waals surface area contributed by atoms with Crippen LogP contribution in [0.5, 0.6) is 0 Å². The third-order valence-corrected chi connectivity index (χ3v) is 11.8. The number of aromatic nitrogens is 1. The Bertz CT molecular complexity index is 1480. The van der Waals surface area contributed by atoms with Crippen LogP contribution in [0.15, 0.2) is 54.6 Å². The predicted molar refractivity (Wildman–Crippen MR) is 168 cm³/mol. The van der Waals surface area contributed by atoms with Gasteiger partial charge >= 0.3 is 0 Å². The zero-order valence-corrected chi connectivity index (χ0v) is 26.0. The van der Waals surface area contributed by atoms with E-state index in [1.165, 1.54) is 35.9 Å². The Morgan fingerprint density at radius 3 is 2.17 bits per heavy atom. The third kappa shape index (κ3) is 4.59. The standard InChI is InChI=1S/C37H47N3O2/c1-23-32(28-13-9-10-14-30(28)38-23)33-29(35(33,2)3)18-31(41)40(22-24-11-7-6-8-12-24)36(4,5)34(42)39-37-19-25-15-26(20-37)17-27(16-25)21-37/h6-14,25-27,29,33,38H,15-22H2,1-5H3,(H,39,42)/t25?,26?,27?,29-,33+,37?/m1/s1. The highest BCUT2D eigenvalue weighted by atomic mass is 16.2. The van der Waals surface area contributed by atoms with E-state index < -0.39 is 5.54 Å². The number of carbonyl (C=O) groups excluding carboxylic acids is 2. The molecule has 2 amide bonds. The van der Waals surface area contributed by atoms with Gasteiger partial charge in [0.25, 0.3) is 0 Å². The number of hydrogen-bond donors (Lipinski definition) is 2. The second-order valence-electron chi connectivity index (χ2n) is 15.5. The van der Waals surface area contributed by atoms with Crippen LogP contribution in [0.3, 0.4) is 0 Å². The van der Waals surface area contributed by atoms with Gasteiger partial charge in [-0.3, -0.25) is 9.59 Å². The van der Waals surface area contributed by atoms with Crippen LogP contribution in [-0.2, 0) is 16.1 Å². The number of para-hydroxylation sites is 1. The van der Waals surface area contributed by atoms with E-state index in [1.807, 2.05) is 36.9 Å². The normalized spacial score (nSPS) is 30.8. The smallest absolute Gasteiger partial charge is 0.245 e. The molecule has 3 aromatic rings. The Labute approximate surface area is 250 Å². The van der Waals surface area contributed by atoms with Crippen LogP contribution in [0.2, 0.25) is 0 Å². The molecule has 0 saturated heterocycles. The summed E-state index contributed by atoms with van der Waals surface area (Å²) in [5, 5.41) is 4.86. The van der Waals surface area contributed by atoms with Gasteiger partial charge in [-0.1, -0.05) is 62.4 Å². The van der Waals surface area contributed by atoms with E-state index in [9.17, 15) is 9.59 Å². The molecule has 0 aliphatic heterocycles. The monoisotopic (exact) mass is 565 g/mol. The first-order valence-corrected chi connectivity index (χ1v) is 16.2. The van der Waals surface area contributed by atoms with Crippen molar-refractivity contribution < 1.29 is 9.59 Å². The van der Waals surface area contributed by atoms with Crippen molar-refractivity contribution in [3.63, 3.8) is 0 Å². The maximum Gasteiger partial charge on any atom is 0.245 e. The van der Waals surface area contributed by atoms with Gasteiger partial charge in [0, 0.05) is 35.1 Å². The SMILES string of the molecule is Cc1[nH]c2ccccc2c1[C@@H]1[C@@H](CC(=O)N(Cc2ccccc2)C(C)(C)C(=O)NC23CC4CC(CC(C4)C2)C3)C1(C)C. The summed E-state index contributed by atoms with van der Waals surface area (Å²) in [5.41, 5.74) is 3.73. The number of rotatable bonds is 8. The molecular formula is C37H47N3O2. The molecule has 0 spiro atoms. The summed E-state index contributed by atoms with van der Waals surface area (Å²) in [6.45, 7) is 11.1. The van der Waals surface area contributed by atoms with Crippen LogP contribution in [-0.4, -0.2) is 32.8 Å². The van der Waals surface area contributed by atoms with Crippen LogP contribution >= 0.6 is 0 Å². The van der Waals surface area contributed by atoms with Crippen molar-refractivity contribution in [3.05, 3.63) is 71.4 Å². The lowest BCUT2D eigenvalue weighted by atomic mass is 9.53. The molecule has 42 heavy (non-hydrogen) atoms. The molecule has 1 heterocycles. The molecule has 5 nitrogen and oxygen atoms in total. The number of H-pyrrole nitrogens is 1. The number of hydrogen-bond acceptors (Lipinski definition) is 2. The molecular weight excluding hydrogens is 518 g/mol. The third-order valence-electron chi connectivity index (χ3n) is 11.8. The van der Waals surface area contributed by atoms with Gasteiger partial charge in [0.1, 0.15) is 5.54 Å². The summed E-state index contributed by atoms with van der Waals surface area (Å²) in [6.07, 6.45) is 7.78. The van der Waals surface area contributed by atoms with E-state index in [2.05, 4.69) is 67.5 Å². The topological polar surface area (TPSA) is 65.2 Å². The van der Waals surface area contributed by atoms with Crippen LogP contribution in [0.1, 0.15) is 95.4 Å². The van der Waals surface area contributed by atoms with E-state index >= 15 is 0 Å². The van der Waals surface area contributed by atoms with E-state index in [0.717, 1.165) is 48.1 Å². The highest BCUT2D eigenvalue weighted by molar-refractivity contribution is 5.92. The fraction of sp³-hybridized carbons (Fsp3) is 0.568. The largest absolute Gasteiger partial charge is 0.358 e. The molecule has 1 aromatic heterocycles. The second kappa shape index (κ2) is 9.72. The number of benzene rings is 2. The number of carbonyl (C=O) groups is 2. The van der Waals surface area contributed by atoms with Gasteiger partial charge in [-0.2, -0.15) is 0 Å². The maximum absolute atomic E-state index is 14.4. The number of aromatic amines is 1. The van der Waals surface area contributed by atoms with Crippen molar-refractivity contribution in [3.8, 4) is 0 Å². The summed E-state index contributed by atoms with van der Waals surface area (Å²) >= 11 is 0. The van der Waals surface area contributed by atoms with E-state index in [1.54, 1.807) is 0 Å². The molecule has 2 N–H and O–H groups in total. The van der Waals surface area contributed by atoms with Gasteiger partial charge in [0.15, 0.2) is 0 Å². The molecule has 5 aliphatic carbocycles. The molecule has 8 rings (SSSR count). The van der Waals surface area contributed by atoms with Crippen molar-refractivity contribution in [1.82, 2.24) is 15.2 Å². The number of aryl methyl sites for hydroxylation is 1. The molecule has 2 aromatic carbocycles. The molecule has 5 saturated carbocycles. The van der Waals surface area contributed by atoms with Crippen molar-refractivity contribution in [2.45, 2.75) is 103 Å². The average molecular weight is 566 g/mol. The zero-order chi connectivity index (χ0) is 29.4. The Morgan fingerprint density at radius 2 is 1.52 bits per heavy atom. The predicted octanol–water partition coefficient (Wildman–Crippen LogP) is 7.50. The van der Waals surface area contributed by atoms with Gasteiger partial charge in [-0.25, -0.2) is 0 Å². The number of nitrogens with one attached hydrogen (secondary N) is 2. The average Bonchev–Trinajstić information content (AvgIpc) is 3.27. The molecule has 222 valence electrons. The molecule has 0 unspecified atom stereocenters. The summed E-state index contributed by atoms with van der Waals surface area (Å²) in [7, 11) is 0. The lowest BCUT2D eigenvalue weighted by molar-refractivity contribution is -0.150. The Morgan fingerprint density at radius 1 is 0.929 bits per heavy atom. The van der Waals surface area contributed by atoms with Gasteiger partial charge in [-0.15, -0.1) is 0 Å². The maximum atomic E-state index is 14.4. The first-order valence-electron chi connectivity index (χ1n) is 16.2. The Kier molecular flexibility index (Phi) is 6.42. The number of nitrogens with zero attached hydrogens (tertiary/aromatic N) is 1. The first-order chi connectivity index (χ1) is 20.0. The fourth-order valence-electron chi connectivity index (χ4n) is 9.84. The van der Waals surface area contributed by atoms with Gasteiger partial charge in [0.2, 0.25) is 11.8 Å². The molecule has 5 fully saturated rings. The van der Waals surface area contributed by atoms with Crippen LogP contribution < -0.4 is 5.32 Å². The minimum absolute atomic E-state index is 0.00723. The van der Waals surface area contributed by atoms with Gasteiger partial charge < -0.3 is 15.2 Å². The summed E-state index contributed by atoms with van der Waals surface area (Å²) < 4.78 is 0. The number of amides is 2. The summed E-state index contributed by atoms with van der Waals surface area (Å²) in [5.74, 6) is 2.87. The van der Waals surface area contributed by atoms with E-state index in [-0.39, 0.29) is 28.7 Å². The number of fused-ring (bicyclic) bond motifs is 1. The second-order valence-corrected chi connectivity index (χ2v) is 15.5. The van der Waals surface area contributed by atoms with Crippen molar-refractivity contribution in [1.29, 1.82) is 0 Å². The Balaban J connectivity index is 1.14. The van der Waals surface area contributed by atoms with Gasteiger partial charge in [0.05, 0.1) is 0 Å². The molecule has 5 aliphatic rings. The van der Waals surface area contributed by atoms with E-state index in [4.69, 9.17) is 0 Å². The fourth-order valence-corrected chi connectivity index (χ4v) is 9.84. The molecule has 2 atom stereocenters. The minimum atomic E-state index is -0.957. The minimum Gasteiger partial charge on any atom is -0.358 e. The first kappa shape index (κ1) is 27.7. The van der Waals surface area contributed by atoms with Crippen molar-refractivity contribution in [2.24, 2.45) is 29.1 Å². The van der Waals surface area contributed by atoms with E-state index in [0.29, 0.717) is 18.9 Å². The molecule has 5 heteroatoms. The molecule has 4 bridgehead atoms. The summed E-state index contributed by atoms with van der Waals surface area (Å²) in [6, 6.07) is 18.6. The van der Waals surface area contributed by atoms with Crippen LogP contribution in [0.25, 0.3) is 10.9 Å². The van der Waals surface area contributed by atoms with Crippen molar-refractivity contribution in [2.75, 3.05) is 0 Å². The quantitative estimate of drug-likeness (QED) is 0.297. The lowest BCUT2D eigenvalue weighted by Crippen LogP contribution is -2.65.